The van der Waals surface area contributed by atoms with Crippen LogP contribution >= 0.6 is 0 Å². The summed E-state index contributed by atoms with van der Waals surface area (Å²) < 4.78 is 10.7. The number of amides is 1. The average Bonchev–Trinajstić information content (AvgIpc) is 2.45. The third-order valence-corrected chi connectivity index (χ3v) is 3.83. The molecule has 2 atom stereocenters. The van der Waals surface area contributed by atoms with E-state index in [0.717, 1.165) is 17.7 Å². The van der Waals surface area contributed by atoms with Crippen LogP contribution in [0.1, 0.15) is 38.7 Å². The monoisotopic (exact) mass is 306 g/mol. The third-order valence-electron chi connectivity index (χ3n) is 3.83. The van der Waals surface area contributed by atoms with Crippen LogP contribution in [0.3, 0.4) is 0 Å². The van der Waals surface area contributed by atoms with E-state index in [1.807, 2.05) is 39.0 Å². The minimum Gasteiger partial charge on any atom is -0.497 e. The number of carbonyl (C=O) groups excluding carboxylic acids is 1. The zero-order valence-electron chi connectivity index (χ0n) is 13.8. The molecule has 0 radical (unpaired) electrons. The molecule has 1 fully saturated rings. The van der Waals surface area contributed by atoms with Gasteiger partial charge < -0.3 is 20.1 Å². The highest BCUT2D eigenvalue weighted by molar-refractivity contribution is 5.68. The van der Waals surface area contributed by atoms with Gasteiger partial charge in [0.15, 0.2) is 0 Å². The molecule has 5 heteroatoms. The molecule has 1 saturated heterocycles. The summed E-state index contributed by atoms with van der Waals surface area (Å²) in [4.78, 5) is 13.8. The van der Waals surface area contributed by atoms with Crippen molar-refractivity contribution in [2.45, 2.75) is 44.8 Å². The maximum absolute atomic E-state index is 12.1. The van der Waals surface area contributed by atoms with E-state index in [1.54, 1.807) is 12.0 Å². The molecule has 2 N–H and O–H groups in total. The summed E-state index contributed by atoms with van der Waals surface area (Å²) in [6.45, 7) is 6.77. The van der Waals surface area contributed by atoms with E-state index in [4.69, 9.17) is 15.2 Å². The summed E-state index contributed by atoms with van der Waals surface area (Å²) in [6.07, 6.45) is 0.542. The smallest absolute Gasteiger partial charge is 0.410 e. The second-order valence-electron chi connectivity index (χ2n) is 6.76. The SMILES string of the molecule is COc1cccc([C@@H]2CCN(C(=O)OC(C)(C)C)C[C@H]2N)c1. The largest absolute Gasteiger partial charge is 0.497 e. The molecule has 0 unspecified atom stereocenters. The van der Waals surface area contributed by atoms with Crippen LogP contribution in [0, 0.1) is 0 Å². The van der Waals surface area contributed by atoms with E-state index < -0.39 is 5.60 Å². The lowest BCUT2D eigenvalue weighted by atomic mass is 9.86. The Bertz CT molecular complexity index is 525. The predicted molar refractivity (Wildman–Crippen MR) is 86.1 cm³/mol. The predicted octanol–water partition coefficient (Wildman–Crippen LogP) is 2.75. The zero-order chi connectivity index (χ0) is 16.3. The van der Waals surface area contributed by atoms with Crippen LogP contribution < -0.4 is 10.5 Å². The van der Waals surface area contributed by atoms with E-state index in [1.165, 1.54) is 0 Å². The van der Waals surface area contributed by atoms with Gasteiger partial charge in [-0.1, -0.05) is 12.1 Å². The maximum atomic E-state index is 12.1. The molecule has 0 saturated carbocycles. The maximum Gasteiger partial charge on any atom is 0.410 e. The first-order valence-corrected chi connectivity index (χ1v) is 7.67. The number of methoxy groups -OCH3 is 1. The lowest BCUT2D eigenvalue weighted by molar-refractivity contribution is 0.0186. The summed E-state index contributed by atoms with van der Waals surface area (Å²) >= 11 is 0. The minimum absolute atomic E-state index is 0.103. The van der Waals surface area contributed by atoms with E-state index >= 15 is 0 Å². The second-order valence-corrected chi connectivity index (χ2v) is 6.76. The first-order valence-electron chi connectivity index (χ1n) is 7.67. The van der Waals surface area contributed by atoms with Gasteiger partial charge >= 0.3 is 6.09 Å². The number of benzene rings is 1. The Balaban J connectivity index is 2.02. The molecular formula is C17H26N2O3. The average molecular weight is 306 g/mol. The summed E-state index contributed by atoms with van der Waals surface area (Å²) in [5, 5.41) is 0. The molecule has 1 aliphatic rings. The first-order chi connectivity index (χ1) is 10.3. The Labute approximate surface area is 132 Å². The van der Waals surface area contributed by atoms with Gasteiger partial charge in [0.25, 0.3) is 0 Å². The molecule has 0 spiro atoms. The summed E-state index contributed by atoms with van der Waals surface area (Å²) in [7, 11) is 1.66. The molecule has 1 heterocycles. The summed E-state index contributed by atoms with van der Waals surface area (Å²) in [5.74, 6) is 1.06. The van der Waals surface area contributed by atoms with Crippen LogP contribution in [0.15, 0.2) is 24.3 Å². The number of carbonyl (C=O) groups is 1. The number of hydrogen-bond acceptors (Lipinski definition) is 4. The van der Waals surface area contributed by atoms with Crippen molar-refractivity contribution in [3.63, 3.8) is 0 Å². The van der Waals surface area contributed by atoms with Gasteiger partial charge in [0.2, 0.25) is 0 Å². The van der Waals surface area contributed by atoms with Gasteiger partial charge in [-0.25, -0.2) is 4.79 Å². The lowest BCUT2D eigenvalue weighted by Crippen LogP contribution is -2.50. The van der Waals surface area contributed by atoms with Crippen LogP contribution in [0.5, 0.6) is 5.75 Å². The number of piperidine rings is 1. The van der Waals surface area contributed by atoms with Gasteiger partial charge in [-0.05, 0) is 44.9 Å². The number of nitrogens with two attached hydrogens (primary N) is 1. The number of ether oxygens (including phenoxy) is 2. The van der Waals surface area contributed by atoms with Gasteiger partial charge in [0.1, 0.15) is 11.4 Å². The number of likely N-dealkylation sites (tertiary alicyclic amines) is 1. The van der Waals surface area contributed by atoms with Gasteiger partial charge in [-0.3, -0.25) is 0 Å². The Kier molecular flexibility index (Phi) is 4.96. The Hall–Kier alpha value is -1.75. The summed E-state index contributed by atoms with van der Waals surface area (Å²) in [5.41, 5.74) is 6.99. The molecular weight excluding hydrogens is 280 g/mol. The lowest BCUT2D eigenvalue weighted by Gasteiger charge is -2.37. The quantitative estimate of drug-likeness (QED) is 0.912. The Morgan fingerprint density at radius 3 is 2.68 bits per heavy atom. The van der Waals surface area contributed by atoms with Crippen molar-refractivity contribution in [2.24, 2.45) is 5.73 Å². The van der Waals surface area contributed by atoms with Gasteiger partial charge in [0, 0.05) is 25.0 Å². The summed E-state index contributed by atoms with van der Waals surface area (Å²) in [6, 6.07) is 7.88. The van der Waals surface area contributed by atoms with E-state index in [2.05, 4.69) is 6.07 Å². The van der Waals surface area contributed by atoms with Crippen LogP contribution in [-0.4, -0.2) is 42.8 Å². The van der Waals surface area contributed by atoms with Crippen molar-refractivity contribution in [1.29, 1.82) is 0 Å². The zero-order valence-corrected chi connectivity index (χ0v) is 13.8. The van der Waals surface area contributed by atoms with Crippen LogP contribution in [0.2, 0.25) is 0 Å². The van der Waals surface area contributed by atoms with Crippen molar-refractivity contribution in [3.8, 4) is 5.75 Å². The molecule has 5 nitrogen and oxygen atoms in total. The molecule has 0 aromatic heterocycles. The van der Waals surface area contributed by atoms with Crippen molar-refractivity contribution >= 4 is 6.09 Å². The fraction of sp³-hybridized carbons (Fsp3) is 0.588. The highest BCUT2D eigenvalue weighted by atomic mass is 16.6. The van der Waals surface area contributed by atoms with E-state index in [9.17, 15) is 4.79 Å². The minimum atomic E-state index is -0.481. The molecule has 22 heavy (non-hydrogen) atoms. The molecule has 1 aromatic rings. The van der Waals surface area contributed by atoms with Crippen molar-refractivity contribution < 1.29 is 14.3 Å². The third kappa shape index (κ3) is 4.13. The second kappa shape index (κ2) is 6.57. The van der Waals surface area contributed by atoms with E-state index in [-0.39, 0.29) is 18.1 Å². The van der Waals surface area contributed by atoms with E-state index in [0.29, 0.717) is 13.1 Å². The van der Waals surface area contributed by atoms with Crippen molar-refractivity contribution in [3.05, 3.63) is 29.8 Å². The van der Waals surface area contributed by atoms with Crippen LogP contribution in [0.4, 0.5) is 4.79 Å². The molecule has 122 valence electrons. The Morgan fingerprint density at radius 1 is 1.36 bits per heavy atom. The molecule has 1 amide bonds. The first kappa shape index (κ1) is 16.6. The van der Waals surface area contributed by atoms with Crippen LogP contribution in [0.25, 0.3) is 0 Å². The normalized spacial score (nSPS) is 22.3. The van der Waals surface area contributed by atoms with Gasteiger partial charge in [-0.15, -0.1) is 0 Å². The van der Waals surface area contributed by atoms with Crippen molar-refractivity contribution in [1.82, 2.24) is 4.90 Å². The van der Waals surface area contributed by atoms with Gasteiger partial charge in [-0.2, -0.15) is 0 Å². The number of nitrogens with zero attached hydrogens (tertiary/aromatic N) is 1. The molecule has 2 rings (SSSR count). The molecule has 0 aliphatic carbocycles. The van der Waals surface area contributed by atoms with Crippen molar-refractivity contribution in [2.75, 3.05) is 20.2 Å². The Morgan fingerprint density at radius 2 is 2.09 bits per heavy atom. The standard InChI is InChI=1S/C17H26N2O3/c1-17(2,3)22-16(20)19-9-8-14(15(18)11-19)12-6-5-7-13(10-12)21-4/h5-7,10,14-15H,8-9,11,18H2,1-4H3/t14-,15+/m0/s1. The highest BCUT2D eigenvalue weighted by Crippen LogP contribution is 2.30. The fourth-order valence-electron chi connectivity index (χ4n) is 2.76. The topological polar surface area (TPSA) is 64.8 Å². The number of hydrogen-bond donors (Lipinski definition) is 1. The molecule has 1 aliphatic heterocycles. The molecule has 0 bridgehead atoms. The van der Waals surface area contributed by atoms with Gasteiger partial charge in [0.05, 0.1) is 7.11 Å². The fourth-order valence-corrected chi connectivity index (χ4v) is 2.76. The highest BCUT2D eigenvalue weighted by Gasteiger charge is 2.32. The number of rotatable bonds is 2. The van der Waals surface area contributed by atoms with Crippen LogP contribution in [-0.2, 0) is 4.74 Å². The molecule has 1 aromatic carbocycles.